The first kappa shape index (κ1) is 22.2. The highest BCUT2D eigenvalue weighted by Crippen LogP contribution is 2.32. The zero-order chi connectivity index (χ0) is 21.3. The molecule has 1 aliphatic heterocycles. The van der Waals surface area contributed by atoms with Crippen LogP contribution < -0.4 is 5.32 Å². The minimum atomic E-state index is -0.328. The zero-order valence-corrected chi connectivity index (χ0v) is 18.1. The number of aliphatic hydroxyl groups is 1. The van der Waals surface area contributed by atoms with Crippen LogP contribution >= 0.6 is 24.0 Å². The lowest BCUT2D eigenvalue weighted by Crippen LogP contribution is -2.39. The lowest BCUT2D eigenvalue weighted by molar-refractivity contribution is -0.124. The summed E-state index contributed by atoms with van der Waals surface area (Å²) in [6.07, 6.45) is 3.17. The third-order valence-electron chi connectivity index (χ3n) is 4.67. The summed E-state index contributed by atoms with van der Waals surface area (Å²) < 4.78 is 0.514. The van der Waals surface area contributed by atoms with Crippen molar-refractivity contribution in [2.45, 2.75) is 25.3 Å². The highest BCUT2D eigenvalue weighted by Gasteiger charge is 2.31. The summed E-state index contributed by atoms with van der Waals surface area (Å²) in [6.45, 7) is 0.270. The zero-order valence-electron chi connectivity index (χ0n) is 16.5. The molecule has 30 heavy (non-hydrogen) atoms. The van der Waals surface area contributed by atoms with Crippen LogP contribution in [0.3, 0.4) is 0 Å². The summed E-state index contributed by atoms with van der Waals surface area (Å²) in [7, 11) is 0. The predicted octanol–water partition coefficient (Wildman–Crippen LogP) is 3.39. The Labute approximate surface area is 186 Å². The summed E-state index contributed by atoms with van der Waals surface area (Å²) in [5.41, 5.74) is 2.01. The Bertz CT molecular complexity index is 917. The number of thiocarbonyl (C=S) groups is 1. The van der Waals surface area contributed by atoms with Gasteiger partial charge in [0.2, 0.25) is 5.91 Å². The van der Waals surface area contributed by atoms with Crippen molar-refractivity contribution in [1.29, 1.82) is 0 Å². The summed E-state index contributed by atoms with van der Waals surface area (Å²) in [5, 5.41) is 12.4. The Balaban J connectivity index is 1.47. The maximum atomic E-state index is 12.6. The summed E-state index contributed by atoms with van der Waals surface area (Å²) in [4.78, 5) is 27.1. The maximum absolute atomic E-state index is 12.6. The van der Waals surface area contributed by atoms with Crippen LogP contribution in [0.5, 0.6) is 0 Å². The average molecular weight is 441 g/mol. The van der Waals surface area contributed by atoms with Gasteiger partial charge in [-0.3, -0.25) is 14.5 Å². The molecule has 2 aromatic carbocycles. The average Bonchev–Trinajstić information content (AvgIpc) is 3.02. The minimum absolute atomic E-state index is 0.119. The van der Waals surface area contributed by atoms with E-state index >= 15 is 0 Å². The molecular weight excluding hydrogens is 416 g/mol. The van der Waals surface area contributed by atoms with Gasteiger partial charge >= 0.3 is 0 Å². The molecule has 0 bridgehead atoms. The summed E-state index contributed by atoms with van der Waals surface area (Å²) >= 11 is 6.63. The number of benzene rings is 2. The first-order chi connectivity index (χ1) is 14.6. The second-order valence-corrected chi connectivity index (χ2v) is 8.66. The van der Waals surface area contributed by atoms with Gasteiger partial charge in [0.25, 0.3) is 5.91 Å². The van der Waals surface area contributed by atoms with E-state index in [4.69, 9.17) is 12.2 Å². The Hall–Kier alpha value is -2.48. The van der Waals surface area contributed by atoms with Crippen molar-refractivity contribution in [3.8, 4) is 0 Å². The molecule has 7 heteroatoms. The van der Waals surface area contributed by atoms with Crippen LogP contribution in [-0.2, 0) is 16.0 Å². The number of carbonyl (C=O) groups excluding carboxylic acids is 2. The normalized spacial score (nSPS) is 16.2. The van der Waals surface area contributed by atoms with Gasteiger partial charge in [0.1, 0.15) is 4.32 Å². The van der Waals surface area contributed by atoms with Crippen molar-refractivity contribution in [2.75, 3.05) is 13.2 Å². The number of amides is 2. The number of rotatable bonds is 9. The van der Waals surface area contributed by atoms with Gasteiger partial charge in [0, 0.05) is 13.0 Å². The van der Waals surface area contributed by atoms with Crippen LogP contribution in [0.2, 0.25) is 0 Å². The second-order valence-electron chi connectivity index (χ2n) is 6.98. The number of aliphatic hydroxyl groups excluding tert-OH is 1. The number of thioether (sulfide) groups is 1. The largest absolute Gasteiger partial charge is 0.394 e. The highest BCUT2D eigenvalue weighted by molar-refractivity contribution is 8.26. The fourth-order valence-corrected chi connectivity index (χ4v) is 4.46. The molecule has 2 amide bonds. The molecule has 1 unspecified atom stereocenters. The quantitative estimate of drug-likeness (QED) is 0.462. The van der Waals surface area contributed by atoms with Crippen LogP contribution in [0.15, 0.2) is 65.6 Å². The lowest BCUT2D eigenvalue weighted by atomic mass is 10.1. The van der Waals surface area contributed by atoms with Crippen molar-refractivity contribution >= 4 is 46.2 Å². The van der Waals surface area contributed by atoms with E-state index in [2.05, 4.69) is 5.32 Å². The van der Waals surface area contributed by atoms with Crippen molar-refractivity contribution in [1.82, 2.24) is 10.2 Å². The fourth-order valence-electron chi connectivity index (χ4n) is 3.15. The monoisotopic (exact) mass is 440 g/mol. The molecule has 3 rings (SSSR count). The lowest BCUT2D eigenvalue weighted by Gasteiger charge is -2.17. The fraction of sp³-hybridized carbons (Fsp3) is 0.261. The van der Waals surface area contributed by atoms with E-state index in [1.165, 1.54) is 11.8 Å². The molecule has 5 nitrogen and oxygen atoms in total. The molecule has 2 aromatic rings. The number of nitrogens with one attached hydrogen (secondary N) is 1. The molecule has 1 atom stereocenters. The number of nitrogens with zero attached hydrogens (tertiary/aromatic N) is 1. The molecule has 0 aromatic heterocycles. The third kappa shape index (κ3) is 6.26. The maximum Gasteiger partial charge on any atom is 0.266 e. The molecule has 0 saturated carbocycles. The van der Waals surface area contributed by atoms with Gasteiger partial charge in [-0.2, -0.15) is 0 Å². The van der Waals surface area contributed by atoms with E-state index in [1.54, 1.807) is 4.90 Å². The van der Waals surface area contributed by atoms with Gasteiger partial charge in [0.05, 0.1) is 17.6 Å². The van der Waals surface area contributed by atoms with Gasteiger partial charge in [-0.25, -0.2) is 0 Å². The van der Waals surface area contributed by atoms with Gasteiger partial charge in [-0.15, -0.1) is 0 Å². The van der Waals surface area contributed by atoms with Crippen molar-refractivity contribution in [2.24, 2.45) is 0 Å². The third-order valence-corrected chi connectivity index (χ3v) is 6.04. The number of carbonyl (C=O) groups is 2. The van der Waals surface area contributed by atoms with E-state index < -0.39 is 0 Å². The van der Waals surface area contributed by atoms with Crippen molar-refractivity contribution < 1.29 is 14.7 Å². The molecule has 0 aliphatic carbocycles. The first-order valence-electron chi connectivity index (χ1n) is 9.81. The van der Waals surface area contributed by atoms with Crippen LogP contribution in [0, 0.1) is 0 Å². The SMILES string of the molecule is O=C(CCCN1C(=O)/C(=C/c2ccccc2)SC1=S)NC(CO)Cc1ccccc1. The van der Waals surface area contributed by atoms with Crippen LogP contribution in [0.4, 0.5) is 0 Å². The second kappa shape index (κ2) is 11.1. The van der Waals surface area contributed by atoms with E-state index in [9.17, 15) is 14.7 Å². The van der Waals surface area contributed by atoms with E-state index in [-0.39, 0.29) is 30.9 Å². The Morgan fingerprint density at radius 3 is 2.47 bits per heavy atom. The Kier molecular flexibility index (Phi) is 8.19. The molecule has 1 heterocycles. The molecule has 1 fully saturated rings. The predicted molar refractivity (Wildman–Crippen MR) is 125 cm³/mol. The highest BCUT2D eigenvalue weighted by atomic mass is 32.2. The van der Waals surface area contributed by atoms with Gasteiger partial charge in [-0.1, -0.05) is 84.6 Å². The number of hydrogen-bond donors (Lipinski definition) is 2. The smallest absolute Gasteiger partial charge is 0.266 e. The number of hydrogen-bond acceptors (Lipinski definition) is 5. The van der Waals surface area contributed by atoms with E-state index in [0.29, 0.717) is 28.6 Å². The summed E-state index contributed by atoms with van der Waals surface area (Å²) in [5.74, 6) is -0.262. The van der Waals surface area contributed by atoms with Gasteiger partial charge in [0.15, 0.2) is 0 Å². The molecule has 0 radical (unpaired) electrons. The van der Waals surface area contributed by atoms with Crippen LogP contribution in [-0.4, -0.2) is 45.3 Å². The molecule has 1 saturated heterocycles. The molecule has 2 N–H and O–H groups in total. The molecular formula is C23H24N2O3S2. The minimum Gasteiger partial charge on any atom is -0.394 e. The summed E-state index contributed by atoms with van der Waals surface area (Å²) in [6, 6.07) is 19.0. The molecule has 0 spiro atoms. The van der Waals surface area contributed by atoms with E-state index in [1.807, 2.05) is 66.7 Å². The van der Waals surface area contributed by atoms with Crippen molar-refractivity contribution in [3.05, 3.63) is 76.7 Å². The van der Waals surface area contributed by atoms with Gasteiger partial charge < -0.3 is 10.4 Å². The van der Waals surface area contributed by atoms with Gasteiger partial charge in [-0.05, 0) is 30.0 Å². The van der Waals surface area contributed by atoms with Crippen LogP contribution in [0.25, 0.3) is 6.08 Å². The van der Waals surface area contributed by atoms with Crippen LogP contribution in [0.1, 0.15) is 24.0 Å². The van der Waals surface area contributed by atoms with Crippen molar-refractivity contribution in [3.63, 3.8) is 0 Å². The Morgan fingerprint density at radius 1 is 1.13 bits per heavy atom. The molecule has 156 valence electrons. The first-order valence-corrected chi connectivity index (χ1v) is 11.0. The topological polar surface area (TPSA) is 69.6 Å². The standard InChI is InChI=1S/C23H24N2O3S2/c26-16-19(14-17-8-3-1-4-9-17)24-21(27)12-7-13-25-22(28)20(30-23(25)29)15-18-10-5-2-6-11-18/h1-6,8-11,15,19,26H,7,12-14,16H2,(H,24,27)/b20-15-. The molecule has 1 aliphatic rings. The Morgan fingerprint density at radius 2 is 1.80 bits per heavy atom. The van der Waals surface area contributed by atoms with E-state index in [0.717, 1.165) is 11.1 Å².